The van der Waals surface area contributed by atoms with Gasteiger partial charge in [0.05, 0.1) is 0 Å². The molecule has 4 nitrogen and oxygen atoms in total. The van der Waals surface area contributed by atoms with Gasteiger partial charge in [0.15, 0.2) is 5.60 Å². The van der Waals surface area contributed by atoms with Crippen LogP contribution in [0.2, 0.25) is 0 Å². The highest BCUT2D eigenvalue weighted by Crippen LogP contribution is 2.25. The predicted octanol–water partition coefficient (Wildman–Crippen LogP) is 3.17. The van der Waals surface area contributed by atoms with Gasteiger partial charge in [-0.2, -0.15) is 11.3 Å². The molecule has 1 amide bonds. The molecule has 1 saturated heterocycles. The number of nitrogens with zero attached hydrogens (tertiary/aromatic N) is 2. The number of aliphatic hydroxyl groups is 1. The van der Waals surface area contributed by atoms with E-state index in [1.807, 2.05) is 35.0 Å². The van der Waals surface area contributed by atoms with Crippen molar-refractivity contribution in [3.05, 3.63) is 58.3 Å². The van der Waals surface area contributed by atoms with Crippen LogP contribution in [0.1, 0.15) is 30.4 Å². The minimum absolute atomic E-state index is 0.103. The number of likely N-dealkylation sites (tertiary alicyclic amines) is 1. The zero-order chi connectivity index (χ0) is 18.4. The second-order valence-electron chi connectivity index (χ2n) is 7.32. The van der Waals surface area contributed by atoms with Gasteiger partial charge in [-0.15, -0.1) is 0 Å². The Morgan fingerprint density at radius 2 is 2.04 bits per heavy atom. The molecule has 1 atom stereocenters. The molecule has 1 unspecified atom stereocenters. The summed E-state index contributed by atoms with van der Waals surface area (Å²) in [6.45, 7) is 2.61. The summed E-state index contributed by atoms with van der Waals surface area (Å²) in [6, 6.07) is 12.4. The third-order valence-corrected chi connectivity index (χ3v) is 5.74. The van der Waals surface area contributed by atoms with E-state index in [1.165, 1.54) is 11.1 Å². The highest BCUT2D eigenvalue weighted by atomic mass is 32.1. The predicted molar refractivity (Wildman–Crippen MR) is 106 cm³/mol. The summed E-state index contributed by atoms with van der Waals surface area (Å²) in [7, 11) is 1.97. The molecule has 1 aromatic carbocycles. The Morgan fingerprint density at radius 1 is 1.23 bits per heavy atom. The summed E-state index contributed by atoms with van der Waals surface area (Å²) in [5, 5.41) is 15.2. The molecular formula is C21H28N2O2S. The number of aryl methyl sites for hydroxylation is 1. The fraction of sp³-hybridized carbons (Fsp3) is 0.476. The lowest BCUT2D eigenvalue weighted by Crippen LogP contribution is -2.58. The Balaban J connectivity index is 1.52. The van der Waals surface area contributed by atoms with Gasteiger partial charge in [-0.1, -0.05) is 30.3 Å². The quantitative estimate of drug-likeness (QED) is 0.774. The van der Waals surface area contributed by atoms with Gasteiger partial charge >= 0.3 is 0 Å². The van der Waals surface area contributed by atoms with Crippen molar-refractivity contribution in [2.24, 2.45) is 0 Å². The lowest BCUT2D eigenvalue weighted by atomic mass is 9.90. The largest absolute Gasteiger partial charge is 0.379 e. The fourth-order valence-electron chi connectivity index (χ4n) is 3.74. The van der Waals surface area contributed by atoms with Gasteiger partial charge in [0.25, 0.3) is 5.91 Å². The molecule has 0 spiro atoms. The summed E-state index contributed by atoms with van der Waals surface area (Å²) >= 11 is 1.67. The van der Waals surface area contributed by atoms with Crippen LogP contribution in [-0.4, -0.2) is 53.1 Å². The van der Waals surface area contributed by atoms with Crippen molar-refractivity contribution >= 4 is 17.2 Å². The summed E-state index contributed by atoms with van der Waals surface area (Å²) < 4.78 is 0. The van der Waals surface area contributed by atoms with Crippen LogP contribution in [0.15, 0.2) is 47.2 Å². The van der Waals surface area contributed by atoms with Gasteiger partial charge in [-0.3, -0.25) is 9.69 Å². The Labute approximate surface area is 160 Å². The number of rotatable bonds is 8. The Kier molecular flexibility index (Phi) is 6.46. The van der Waals surface area contributed by atoms with Crippen molar-refractivity contribution in [3.8, 4) is 0 Å². The number of thiophene rings is 1. The Bertz CT molecular complexity index is 689. The van der Waals surface area contributed by atoms with E-state index in [-0.39, 0.29) is 5.91 Å². The first-order chi connectivity index (χ1) is 12.6. The van der Waals surface area contributed by atoms with Gasteiger partial charge in [0.1, 0.15) is 0 Å². The standard InChI is InChI=1S/C21H28N2O2S/c1-22(15-19-10-14-26-16-19)17-21(25)11-6-13-23(20(21)24)12-5-9-18-7-3-2-4-8-18/h2-4,7-8,10,14,16,25H,5-6,9,11-13,15,17H2,1H3. The Hall–Kier alpha value is -1.69. The first-order valence-corrected chi connectivity index (χ1v) is 10.3. The molecule has 140 valence electrons. The number of benzene rings is 1. The normalized spacial score (nSPS) is 20.7. The molecule has 1 aromatic heterocycles. The van der Waals surface area contributed by atoms with Crippen LogP contribution in [-0.2, 0) is 17.8 Å². The van der Waals surface area contributed by atoms with Crippen LogP contribution < -0.4 is 0 Å². The maximum Gasteiger partial charge on any atom is 0.255 e. The highest BCUT2D eigenvalue weighted by Gasteiger charge is 2.42. The second-order valence-corrected chi connectivity index (χ2v) is 8.10. The van der Waals surface area contributed by atoms with Crippen LogP contribution in [0.3, 0.4) is 0 Å². The average Bonchev–Trinajstić information content (AvgIpc) is 3.12. The minimum atomic E-state index is -1.25. The van der Waals surface area contributed by atoms with E-state index in [4.69, 9.17) is 0 Å². The summed E-state index contributed by atoms with van der Waals surface area (Å²) in [4.78, 5) is 16.8. The number of likely N-dealkylation sites (N-methyl/N-ethyl adjacent to an activating group) is 1. The first kappa shape index (κ1) is 19.1. The van der Waals surface area contributed by atoms with Gasteiger partial charge in [-0.25, -0.2) is 0 Å². The Morgan fingerprint density at radius 3 is 2.77 bits per heavy atom. The lowest BCUT2D eigenvalue weighted by molar-refractivity contribution is -0.159. The van der Waals surface area contributed by atoms with Crippen LogP contribution in [0.5, 0.6) is 0 Å². The summed E-state index contributed by atoms with van der Waals surface area (Å²) in [5.41, 5.74) is 1.27. The smallest absolute Gasteiger partial charge is 0.255 e. The van der Waals surface area contributed by atoms with Crippen molar-refractivity contribution in [1.82, 2.24) is 9.80 Å². The number of carbonyl (C=O) groups excluding carboxylic acids is 1. The summed E-state index contributed by atoms with van der Waals surface area (Å²) in [5.74, 6) is -0.103. The van der Waals surface area contributed by atoms with Crippen molar-refractivity contribution < 1.29 is 9.90 Å². The topological polar surface area (TPSA) is 43.8 Å². The van der Waals surface area contributed by atoms with Gasteiger partial charge < -0.3 is 10.0 Å². The summed E-state index contributed by atoms with van der Waals surface area (Å²) in [6.07, 6.45) is 3.30. The number of piperidine rings is 1. The lowest BCUT2D eigenvalue weighted by Gasteiger charge is -2.40. The number of hydrogen-bond acceptors (Lipinski definition) is 4. The molecule has 0 aliphatic carbocycles. The van der Waals surface area contributed by atoms with Crippen LogP contribution in [0.25, 0.3) is 0 Å². The maximum atomic E-state index is 12.9. The number of amides is 1. The van der Waals surface area contributed by atoms with Gasteiger partial charge in [0.2, 0.25) is 0 Å². The molecule has 1 fully saturated rings. The molecular weight excluding hydrogens is 344 g/mol. The van der Waals surface area contributed by atoms with E-state index < -0.39 is 5.60 Å². The van der Waals surface area contributed by atoms with E-state index >= 15 is 0 Å². The highest BCUT2D eigenvalue weighted by molar-refractivity contribution is 7.07. The third-order valence-electron chi connectivity index (χ3n) is 5.00. The zero-order valence-corrected chi connectivity index (χ0v) is 16.3. The SMILES string of the molecule is CN(Cc1ccsc1)CC1(O)CCCN(CCCc2ccccc2)C1=O. The van der Waals surface area contributed by atoms with Crippen molar-refractivity contribution in [1.29, 1.82) is 0 Å². The van der Waals surface area contributed by atoms with Crippen LogP contribution >= 0.6 is 11.3 Å². The first-order valence-electron chi connectivity index (χ1n) is 9.32. The van der Waals surface area contributed by atoms with E-state index in [0.717, 1.165) is 32.4 Å². The van der Waals surface area contributed by atoms with Crippen LogP contribution in [0.4, 0.5) is 0 Å². The zero-order valence-electron chi connectivity index (χ0n) is 15.4. The van der Waals surface area contributed by atoms with E-state index in [1.54, 1.807) is 11.3 Å². The monoisotopic (exact) mass is 372 g/mol. The number of hydrogen-bond donors (Lipinski definition) is 1. The average molecular weight is 373 g/mol. The molecule has 0 bridgehead atoms. The third kappa shape index (κ3) is 4.93. The molecule has 0 radical (unpaired) electrons. The minimum Gasteiger partial charge on any atom is -0.379 e. The molecule has 0 saturated carbocycles. The maximum absolute atomic E-state index is 12.9. The van der Waals surface area contributed by atoms with E-state index in [9.17, 15) is 9.90 Å². The van der Waals surface area contributed by atoms with Crippen molar-refractivity contribution in [2.75, 3.05) is 26.7 Å². The van der Waals surface area contributed by atoms with Gasteiger partial charge in [-0.05, 0) is 60.7 Å². The van der Waals surface area contributed by atoms with Crippen LogP contribution in [0, 0.1) is 0 Å². The molecule has 2 aromatic rings. The van der Waals surface area contributed by atoms with E-state index in [0.29, 0.717) is 19.5 Å². The molecule has 5 heteroatoms. The molecule has 1 N–H and O–H groups in total. The molecule has 3 rings (SSSR count). The molecule has 1 aliphatic rings. The van der Waals surface area contributed by atoms with Gasteiger partial charge in [0, 0.05) is 26.2 Å². The molecule has 2 heterocycles. The molecule has 1 aliphatic heterocycles. The molecule has 26 heavy (non-hydrogen) atoms. The second kappa shape index (κ2) is 8.80. The van der Waals surface area contributed by atoms with Crippen molar-refractivity contribution in [3.63, 3.8) is 0 Å². The fourth-order valence-corrected chi connectivity index (χ4v) is 4.40. The van der Waals surface area contributed by atoms with E-state index in [2.05, 4.69) is 29.0 Å². The van der Waals surface area contributed by atoms with Crippen molar-refractivity contribution in [2.45, 2.75) is 37.8 Å². The number of carbonyl (C=O) groups is 1.